The molecule has 462 valence electrons. The highest BCUT2D eigenvalue weighted by Crippen LogP contribution is 2.18. The van der Waals surface area contributed by atoms with Crippen molar-refractivity contribution in [3.63, 3.8) is 0 Å². The maximum absolute atomic E-state index is 12.9. The first kappa shape index (κ1) is 76.4. The molecule has 0 bridgehead atoms. The Hall–Kier alpha value is -2.63. The summed E-state index contributed by atoms with van der Waals surface area (Å²) < 4.78 is 16.9. The second-order valence-corrected chi connectivity index (χ2v) is 23.8. The van der Waals surface area contributed by atoms with Gasteiger partial charge in [-0.3, -0.25) is 14.4 Å². The number of hydrogen-bond acceptors (Lipinski definition) is 6. The summed E-state index contributed by atoms with van der Waals surface area (Å²) in [5.41, 5.74) is 0. The molecule has 0 aromatic heterocycles. The number of hydrogen-bond donors (Lipinski definition) is 0. The Kier molecular flexibility index (Phi) is 65.6. The molecule has 0 aromatic rings. The molecular weight excluding hydrogens is 973 g/mol. The zero-order valence-corrected chi connectivity index (χ0v) is 53.2. The molecule has 0 amide bonds. The predicted molar refractivity (Wildman–Crippen MR) is 344 cm³/mol. The molecule has 0 saturated carbocycles. The van der Waals surface area contributed by atoms with Crippen LogP contribution in [-0.2, 0) is 28.6 Å². The van der Waals surface area contributed by atoms with E-state index < -0.39 is 6.10 Å². The molecule has 0 spiro atoms. The van der Waals surface area contributed by atoms with E-state index in [9.17, 15) is 14.4 Å². The first-order valence-corrected chi connectivity index (χ1v) is 35.1. The molecule has 6 nitrogen and oxygen atoms in total. The standard InChI is InChI=1S/C73H134O6/c1-4-7-10-13-16-19-22-24-26-28-30-32-33-34-35-36-37-38-39-41-42-44-46-48-51-54-57-60-63-66-72(75)78-69-70(68-77-71(74)65-62-59-56-53-50-21-18-15-12-9-6-3)79-73(76)67-64-61-58-55-52-49-47-45-43-40-31-29-27-25-23-20-17-14-11-8-5-2/h15,18,22,24,28-31,70H,4-14,16-17,19-21,23,25-27,32-69H2,1-3H3/b18-15-,24-22-,30-28-,31-29-. The summed E-state index contributed by atoms with van der Waals surface area (Å²) in [7, 11) is 0. The van der Waals surface area contributed by atoms with Crippen LogP contribution in [0, 0.1) is 0 Å². The van der Waals surface area contributed by atoms with Gasteiger partial charge in [-0.25, -0.2) is 0 Å². The third-order valence-corrected chi connectivity index (χ3v) is 15.8. The molecule has 0 saturated heterocycles. The Bertz CT molecular complexity index is 1360. The van der Waals surface area contributed by atoms with Crippen molar-refractivity contribution < 1.29 is 28.6 Å². The highest BCUT2D eigenvalue weighted by atomic mass is 16.6. The molecule has 0 N–H and O–H groups in total. The fourth-order valence-corrected chi connectivity index (χ4v) is 10.5. The number of carbonyl (C=O) groups excluding carboxylic acids is 3. The molecule has 0 aromatic carbocycles. The summed E-state index contributed by atoms with van der Waals surface area (Å²) in [6, 6.07) is 0. The Morgan fingerprint density at radius 1 is 0.253 bits per heavy atom. The Morgan fingerprint density at radius 3 is 0.747 bits per heavy atom. The van der Waals surface area contributed by atoms with E-state index in [0.717, 1.165) is 70.6 Å². The second-order valence-electron chi connectivity index (χ2n) is 23.8. The highest BCUT2D eigenvalue weighted by molar-refractivity contribution is 5.71. The van der Waals surface area contributed by atoms with Crippen molar-refractivity contribution in [3.05, 3.63) is 48.6 Å². The van der Waals surface area contributed by atoms with Crippen molar-refractivity contribution in [1.29, 1.82) is 0 Å². The summed E-state index contributed by atoms with van der Waals surface area (Å²) in [6.45, 7) is 6.64. The summed E-state index contributed by atoms with van der Waals surface area (Å²) in [6.07, 6.45) is 85.8. The van der Waals surface area contributed by atoms with Gasteiger partial charge in [0.2, 0.25) is 0 Å². The van der Waals surface area contributed by atoms with Gasteiger partial charge in [0.15, 0.2) is 6.10 Å². The van der Waals surface area contributed by atoms with Crippen molar-refractivity contribution in [2.45, 2.75) is 386 Å². The van der Waals surface area contributed by atoms with Gasteiger partial charge >= 0.3 is 17.9 Å². The van der Waals surface area contributed by atoms with Crippen molar-refractivity contribution in [1.82, 2.24) is 0 Å². The van der Waals surface area contributed by atoms with Crippen LogP contribution in [0.3, 0.4) is 0 Å². The van der Waals surface area contributed by atoms with Gasteiger partial charge in [-0.05, 0) is 96.3 Å². The van der Waals surface area contributed by atoms with E-state index in [2.05, 4.69) is 69.4 Å². The van der Waals surface area contributed by atoms with Crippen LogP contribution in [0.25, 0.3) is 0 Å². The number of rotatable bonds is 65. The van der Waals surface area contributed by atoms with Gasteiger partial charge in [0.1, 0.15) is 13.2 Å². The maximum atomic E-state index is 12.9. The lowest BCUT2D eigenvalue weighted by Gasteiger charge is -2.18. The van der Waals surface area contributed by atoms with Gasteiger partial charge in [0, 0.05) is 19.3 Å². The maximum Gasteiger partial charge on any atom is 0.306 e. The molecule has 0 aliphatic rings. The minimum absolute atomic E-state index is 0.0728. The van der Waals surface area contributed by atoms with E-state index in [0.29, 0.717) is 19.3 Å². The van der Waals surface area contributed by atoms with Crippen LogP contribution in [0.4, 0.5) is 0 Å². The van der Waals surface area contributed by atoms with Crippen molar-refractivity contribution >= 4 is 17.9 Å². The lowest BCUT2D eigenvalue weighted by atomic mass is 10.0. The quantitative estimate of drug-likeness (QED) is 0.0261. The van der Waals surface area contributed by atoms with E-state index in [1.807, 2.05) is 0 Å². The minimum atomic E-state index is -0.776. The molecule has 1 unspecified atom stereocenters. The van der Waals surface area contributed by atoms with E-state index in [1.54, 1.807) is 0 Å². The molecule has 0 aliphatic carbocycles. The fraction of sp³-hybridized carbons (Fsp3) is 0.849. The van der Waals surface area contributed by atoms with Crippen LogP contribution in [0.15, 0.2) is 48.6 Å². The molecule has 79 heavy (non-hydrogen) atoms. The zero-order valence-electron chi connectivity index (χ0n) is 53.2. The van der Waals surface area contributed by atoms with Crippen LogP contribution in [0.5, 0.6) is 0 Å². The van der Waals surface area contributed by atoms with Gasteiger partial charge < -0.3 is 14.2 Å². The predicted octanol–water partition coefficient (Wildman–Crippen LogP) is 24.1. The Morgan fingerprint density at radius 2 is 0.468 bits per heavy atom. The van der Waals surface area contributed by atoms with E-state index in [1.165, 1.54) is 270 Å². The average Bonchev–Trinajstić information content (AvgIpc) is 3.45. The highest BCUT2D eigenvalue weighted by Gasteiger charge is 2.19. The average molecular weight is 1110 g/mol. The third-order valence-electron chi connectivity index (χ3n) is 15.8. The van der Waals surface area contributed by atoms with Crippen LogP contribution >= 0.6 is 0 Å². The summed E-state index contributed by atoms with van der Waals surface area (Å²) in [5, 5.41) is 0. The van der Waals surface area contributed by atoms with Crippen molar-refractivity contribution in [2.24, 2.45) is 0 Å². The normalized spacial score (nSPS) is 12.3. The van der Waals surface area contributed by atoms with Crippen LogP contribution < -0.4 is 0 Å². The molecular formula is C73H134O6. The smallest absolute Gasteiger partial charge is 0.306 e. The van der Waals surface area contributed by atoms with Gasteiger partial charge in [-0.1, -0.05) is 313 Å². The number of ether oxygens (including phenoxy) is 3. The lowest BCUT2D eigenvalue weighted by Crippen LogP contribution is -2.30. The number of carbonyl (C=O) groups is 3. The first-order valence-electron chi connectivity index (χ1n) is 35.1. The van der Waals surface area contributed by atoms with E-state index in [4.69, 9.17) is 14.2 Å². The minimum Gasteiger partial charge on any atom is -0.462 e. The molecule has 0 aliphatic heterocycles. The lowest BCUT2D eigenvalue weighted by molar-refractivity contribution is -0.167. The second kappa shape index (κ2) is 67.9. The molecule has 0 fully saturated rings. The Labute approximate surface area is 492 Å². The molecule has 0 radical (unpaired) electrons. The summed E-state index contributed by atoms with van der Waals surface area (Å²) in [5.74, 6) is -0.862. The fourth-order valence-electron chi connectivity index (χ4n) is 10.5. The van der Waals surface area contributed by atoms with Crippen LogP contribution in [0.1, 0.15) is 380 Å². The third kappa shape index (κ3) is 66.1. The zero-order chi connectivity index (χ0) is 57.1. The van der Waals surface area contributed by atoms with E-state index >= 15 is 0 Å². The van der Waals surface area contributed by atoms with E-state index in [-0.39, 0.29) is 31.1 Å². The van der Waals surface area contributed by atoms with Gasteiger partial charge in [-0.15, -0.1) is 0 Å². The Balaban J connectivity index is 4.16. The number of allylic oxidation sites excluding steroid dienone is 8. The topological polar surface area (TPSA) is 78.9 Å². The van der Waals surface area contributed by atoms with Crippen LogP contribution in [0.2, 0.25) is 0 Å². The van der Waals surface area contributed by atoms with Crippen molar-refractivity contribution in [2.75, 3.05) is 13.2 Å². The molecule has 0 rings (SSSR count). The largest absolute Gasteiger partial charge is 0.462 e. The van der Waals surface area contributed by atoms with Gasteiger partial charge in [0.05, 0.1) is 0 Å². The molecule has 6 heteroatoms. The van der Waals surface area contributed by atoms with Crippen molar-refractivity contribution in [3.8, 4) is 0 Å². The summed E-state index contributed by atoms with van der Waals surface area (Å²) >= 11 is 0. The molecule has 0 heterocycles. The SMILES string of the molecule is CCCC/C=C\CCCCCCCC(=O)OCC(COC(=O)CCCCCCCCCCCCCCCCCCC/C=C\C/C=C\CCCCCCC)OC(=O)CCCCCCCCCCC/C=C\CCCCCCCCCC. The first-order chi connectivity index (χ1) is 39.0. The number of esters is 3. The number of unbranched alkanes of at least 4 members (excludes halogenated alkanes) is 46. The van der Waals surface area contributed by atoms with Gasteiger partial charge in [0.25, 0.3) is 0 Å². The monoisotopic (exact) mass is 1110 g/mol. The van der Waals surface area contributed by atoms with Gasteiger partial charge in [-0.2, -0.15) is 0 Å². The molecule has 1 atom stereocenters. The van der Waals surface area contributed by atoms with Crippen LogP contribution in [-0.4, -0.2) is 37.2 Å². The summed E-state index contributed by atoms with van der Waals surface area (Å²) in [4.78, 5) is 38.3.